The second-order valence-electron chi connectivity index (χ2n) is 2.43. The minimum Gasteiger partial charge on any atom is -0.505 e. The molecule has 0 unspecified atom stereocenters. The molecule has 0 heterocycles. The predicted octanol–water partition coefficient (Wildman–Crippen LogP) is 1.56. The molecule has 0 spiro atoms. The average molecular weight is 177 g/mol. The van der Waals surface area contributed by atoms with Crippen LogP contribution in [0.25, 0.3) is 0 Å². The Morgan fingerprint density at radius 3 is 2.77 bits per heavy atom. The Labute approximate surface area is 74.5 Å². The molecule has 0 aliphatic heterocycles. The molecule has 0 radical (unpaired) electrons. The number of aliphatic imine (C=N–C) groups is 1. The van der Waals surface area contributed by atoms with E-state index < -0.39 is 0 Å². The van der Waals surface area contributed by atoms with Crippen molar-refractivity contribution in [3.05, 3.63) is 23.8 Å². The average Bonchev–Trinajstić information content (AvgIpc) is 2.08. The highest BCUT2D eigenvalue weighted by Crippen LogP contribution is 2.29. The lowest BCUT2D eigenvalue weighted by Crippen LogP contribution is -1.91. The van der Waals surface area contributed by atoms with Crippen molar-refractivity contribution in [2.75, 3.05) is 0 Å². The van der Waals surface area contributed by atoms with Crippen LogP contribution in [0, 0.1) is 0 Å². The maximum atomic E-state index is 10.9. The van der Waals surface area contributed by atoms with Gasteiger partial charge in [0.2, 0.25) is 6.08 Å². The van der Waals surface area contributed by atoms with Gasteiger partial charge in [0.1, 0.15) is 5.69 Å². The Kier molecular flexibility index (Phi) is 2.57. The Balaban J connectivity index is 3.34. The lowest BCUT2D eigenvalue weighted by molar-refractivity contribution is 0.101. The first-order valence-corrected chi connectivity index (χ1v) is 3.57. The van der Waals surface area contributed by atoms with Crippen LogP contribution in [-0.4, -0.2) is 17.0 Å². The first-order valence-electron chi connectivity index (χ1n) is 3.57. The van der Waals surface area contributed by atoms with E-state index in [2.05, 4.69) is 4.99 Å². The first kappa shape index (κ1) is 9.16. The number of aromatic hydroxyl groups is 1. The van der Waals surface area contributed by atoms with Crippen molar-refractivity contribution >= 4 is 17.6 Å². The van der Waals surface area contributed by atoms with Crippen LogP contribution in [0.15, 0.2) is 23.2 Å². The molecule has 0 aliphatic carbocycles. The van der Waals surface area contributed by atoms with Gasteiger partial charge < -0.3 is 5.11 Å². The van der Waals surface area contributed by atoms with Crippen LogP contribution in [-0.2, 0) is 4.79 Å². The highest BCUT2D eigenvalue weighted by molar-refractivity contribution is 5.98. The highest BCUT2D eigenvalue weighted by atomic mass is 16.3. The molecule has 0 amide bonds. The van der Waals surface area contributed by atoms with Crippen molar-refractivity contribution in [3.8, 4) is 5.75 Å². The second-order valence-corrected chi connectivity index (χ2v) is 2.43. The van der Waals surface area contributed by atoms with Gasteiger partial charge in [0.25, 0.3) is 0 Å². The Morgan fingerprint density at radius 1 is 1.54 bits per heavy atom. The number of ketones is 1. The van der Waals surface area contributed by atoms with Crippen molar-refractivity contribution < 1.29 is 14.7 Å². The summed E-state index contributed by atoms with van der Waals surface area (Å²) in [5, 5.41) is 9.40. The molecule has 4 nitrogen and oxygen atoms in total. The van der Waals surface area contributed by atoms with Gasteiger partial charge in [0.05, 0.1) is 5.56 Å². The summed E-state index contributed by atoms with van der Waals surface area (Å²) in [5.74, 6) is -0.557. The largest absolute Gasteiger partial charge is 0.505 e. The number of para-hydroxylation sites is 1. The van der Waals surface area contributed by atoms with Gasteiger partial charge in [-0.2, -0.15) is 4.99 Å². The predicted molar refractivity (Wildman–Crippen MR) is 45.9 cm³/mol. The van der Waals surface area contributed by atoms with E-state index in [-0.39, 0.29) is 22.8 Å². The number of hydrogen-bond acceptors (Lipinski definition) is 4. The van der Waals surface area contributed by atoms with E-state index in [4.69, 9.17) is 0 Å². The monoisotopic (exact) mass is 177 g/mol. The van der Waals surface area contributed by atoms with Crippen LogP contribution in [0.5, 0.6) is 5.75 Å². The van der Waals surface area contributed by atoms with Crippen LogP contribution in [0.3, 0.4) is 0 Å². The second kappa shape index (κ2) is 3.65. The van der Waals surface area contributed by atoms with Crippen molar-refractivity contribution in [1.29, 1.82) is 0 Å². The van der Waals surface area contributed by atoms with E-state index in [1.165, 1.54) is 31.2 Å². The van der Waals surface area contributed by atoms with Gasteiger partial charge in [-0.3, -0.25) is 4.79 Å². The molecular weight excluding hydrogens is 170 g/mol. The van der Waals surface area contributed by atoms with Crippen LogP contribution in [0.1, 0.15) is 17.3 Å². The Bertz CT molecular complexity index is 372. The molecule has 0 saturated carbocycles. The molecule has 0 aromatic heterocycles. The van der Waals surface area contributed by atoms with E-state index in [1.54, 1.807) is 0 Å². The summed E-state index contributed by atoms with van der Waals surface area (Å²) in [6.07, 6.45) is 1.29. The summed E-state index contributed by atoms with van der Waals surface area (Å²) in [5.41, 5.74) is 0.208. The van der Waals surface area contributed by atoms with Gasteiger partial charge >= 0.3 is 0 Å². The molecule has 1 rings (SSSR count). The van der Waals surface area contributed by atoms with E-state index in [0.29, 0.717) is 0 Å². The van der Waals surface area contributed by atoms with Crippen LogP contribution in [0.4, 0.5) is 5.69 Å². The fraction of sp³-hybridized carbons (Fsp3) is 0.111. The molecule has 0 fully saturated rings. The molecule has 1 aromatic rings. The molecule has 0 aliphatic rings. The molecule has 0 saturated heterocycles. The van der Waals surface area contributed by atoms with Crippen molar-refractivity contribution in [1.82, 2.24) is 0 Å². The minimum absolute atomic E-state index is 0.0581. The zero-order chi connectivity index (χ0) is 9.84. The highest BCUT2D eigenvalue weighted by Gasteiger charge is 2.09. The molecule has 0 atom stereocenters. The van der Waals surface area contributed by atoms with E-state index in [1.807, 2.05) is 0 Å². The van der Waals surface area contributed by atoms with E-state index in [0.717, 1.165) is 0 Å². The van der Waals surface area contributed by atoms with Gasteiger partial charge in [-0.1, -0.05) is 6.07 Å². The quantitative estimate of drug-likeness (QED) is 0.423. The maximum absolute atomic E-state index is 10.9. The summed E-state index contributed by atoms with van der Waals surface area (Å²) in [4.78, 5) is 24.1. The third kappa shape index (κ3) is 1.80. The van der Waals surface area contributed by atoms with Crippen LogP contribution < -0.4 is 0 Å². The van der Waals surface area contributed by atoms with Crippen LogP contribution >= 0.6 is 0 Å². The minimum atomic E-state index is -0.279. The SMILES string of the molecule is CC(=O)c1cccc(N=C=O)c1O. The van der Waals surface area contributed by atoms with Crippen LogP contribution in [0.2, 0.25) is 0 Å². The summed E-state index contributed by atoms with van der Waals surface area (Å²) in [6, 6.07) is 4.42. The van der Waals surface area contributed by atoms with Gasteiger partial charge in [-0.15, -0.1) is 0 Å². The third-order valence-corrected chi connectivity index (χ3v) is 1.56. The Morgan fingerprint density at radius 2 is 2.23 bits per heavy atom. The lowest BCUT2D eigenvalue weighted by Gasteiger charge is -2.01. The van der Waals surface area contributed by atoms with Crippen molar-refractivity contribution in [2.45, 2.75) is 6.92 Å². The van der Waals surface area contributed by atoms with Gasteiger partial charge in [-0.25, -0.2) is 4.79 Å². The third-order valence-electron chi connectivity index (χ3n) is 1.56. The van der Waals surface area contributed by atoms with Gasteiger partial charge in [-0.05, 0) is 19.1 Å². The fourth-order valence-corrected chi connectivity index (χ4v) is 0.955. The molecule has 4 heteroatoms. The lowest BCUT2D eigenvalue weighted by atomic mass is 10.1. The fourth-order valence-electron chi connectivity index (χ4n) is 0.955. The number of benzene rings is 1. The normalized spacial score (nSPS) is 9.00. The zero-order valence-corrected chi connectivity index (χ0v) is 6.94. The number of phenols is 1. The number of rotatable bonds is 2. The van der Waals surface area contributed by atoms with Crippen molar-refractivity contribution in [3.63, 3.8) is 0 Å². The molecule has 66 valence electrons. The number of Topliss-reactive ketones (excluding diaryl/α,β-unsaturated/α-hetero) is 1. The van der Waals surface area contributed by atoms with E-state index >= 15 is 0 Å². The van der Waals surface area contributed by atoms with E-state index in [9.17, 15) is 14.7 Å². The van der Waals surface area contributed by atoms with Crippen molar-refractivity contribution in [2.24, 2.45) is 4.99 Å². The summed E-state index contributed by atoms with van der Waals surface area (Å²) >= 11 is 0. The molecule has 1 aromatic carbocycles. The standard InChI is InChI=1S/C9H7NO3/c1-6(12)7-3-2-4-8(9(7)13)10-5-11/h2-4,13H,1H3. The summed E-state index contributed by atoms with van der Waals surface area (Å²) in [6.45, 7) is 1.32. The molecular formula is C9H7NO3. The molecule has 0 bridgehead atoms. The number of nitrogens with zero attached hydrogens (tertiary/aromatic N) is 1. The zero-order valence-electron chi connectivity index (χ0n) is 6.94. The summed E-state index contributed by atoms with van der Waals surface area (Å²) < 4.78 is 0. The number of hydrogen-bond donors (Lipinski definition) is 1. The molecule has 1 N–H and O–H groups in total. The number of carbonyl (C=O) groups is 1. The summed E-state index contributed by atoms with van der Waals surface area (Å²) in [7, 11) is 0. The maximum Gasteiger partial charge on any atom is 0.240 e. The Hall–Kier alpha value is -1.93. The number of phenolic OH excluding ortho intramolecular Hbond substituents is 1. The number of carbonyl (C=O) groups excluding carboxylic acids is 2. The van der Waals surface area contributed by atoms with Gasteiger partial charge in [0.15, 0.2) is 11.5 Å². The number of isocyanates is 1. The topological polar surface area (TPSA) is 66.7 Å². The first-order chi connectivity index (χ1) is 6.16. The molecule has 13 heavy (non-hydrogen) atoms. The van der Waals surface area contributed by atoms with Gasteiger partial charge in [0, 0.05) is 0 Å². The smallest absolute Gasteiger partial charge is 0.240 e.